The molecule has 0 radical (unpaired) electrons. The Morgan fingerprint density at radius 1 is 1.00 bits per heavy atom. The van der Waals surface area contributed by atoms with Gasteiger partial charge in [0.1, 0.15) is 11.5 Å². The Balaban J connectivity index is 1.96. The van der Waals surface area contributed by atoms with Crippen molar-refractivity contribution in [2.24, 2.45) is 0 Å². The summed E-state index contributed by atoms with van der Waals surface area (Å²) in [6.45, 7) is 1.83. The van der Waals surface area contributed by atoms with E-state index in [0.717, 1.165) is 5.56 Å². The number of benzene rings is 2. The Morgan fingerprint density at radius 2 is 1.75 bits per heavy atom. The van der Waals surface area contributed by atoms with Crippen LogP contribution in [0.2, 0.25) is 0 Å². The molecule has 24 heavy (non-hydrogen) atoms. The fraction of sp³-hybridized carbons (Fsp3) is 0.222. The summed E-state index contributed by atoms with van der Waals surface area (Å²) in [7, 11) is 3.08. The highest BCUT2D eigenvalue weighted by Crippen LogP contribution is 2.24. The van der Waals surface area contributed by atoms with E-state index in [-0.39, 0.29) is 18.2 Å². The lowest BCUT2D eigenvalue weighted by Gasteiger charge is -2.12. The Kier molecular flexibility index (Phi) is 5.78. The Bertz CT molecular complexity index is 744. The first-order valence-electron chi connectivity index (χ1n) is 7.41. The number of nitrogens with one attached hydrogen (secondary N) is 2. The van der Waals surface area contributed by atoms with Gasteiger partial charge >= 0.3 is 0 Å². The monoisotopic (exact) mass is 328 g/mol. The summed E-state index contributed by atoms with van der Waals surface area (Å²) in [4.78, 5) is 24.1. The van der Waals surface area contributed by atoms with Crippen molar-refractivity contribution in [2.75, 3.05) is 14.2 Å². The van der Waals surface area contributed by atoms with Crippen LogP contribution in [0.15, 0.2) is 42.5 Å². The zero-order chi connectivity index (χ0) is 17.5. The van der Waals surface area contributed by atoms with Gasteiger partial charge in [0.2, 0.25) is 5.91 Å². The van der Waals surface area contributed by atoms with Crippen LogP contribution in [-0.2, 0) is 11.2 Å². The quantitative estimate of drug-likeness (QED) is 0.823. The number of ether oxygens (including phenoxy) is 2. The molecule has 0 fully saturated rings. The lowest BCUT2D eigenvalue weighted by atomic mass is 10.1. The third-order valence-electron chi connectivity index (χ3n) is 3.55. The van der Waals surface area contributed by atoms with Crippen molar-refractivity contribution in [1.82, 2.24) is 10.9 Å². The molecule has 2 aromatic rings. The van der Waals surface area contributed by atoms with E-state index in [4.69, 9.17) is 9.47 Å². The molecule has 6 heteroatoms. The predicted molar refractivity (Wildman–Crippen MR) is 90.0 cm³/mol. The van der Waals surface area contributed by atoms with E-state index in [1.54, 1.807) is 37.4 Å². The normalized spacial score (nSPS) is 9.96. The molecular formula is C18H20N2O4. The molecule has 0 heterocycles. The first kappa shape index (κ1) is 17.3. The molecule has 126 valence electrons. The summed E-state index contributed by atoms with van der Waals surface area (Å²) in [5, 5.41) is 0. The second-order valence-electron chi connectivity index (χ2n) is 5.17. The number of carbonyl (C=O) groups is 2. The summed E-state index contributed by atoms with van der Waals surface area (Å²) < 4.78 is 10.4. The average Bonchev–Trinajstić information content (AvgIpc) is 2.60. The smallest absolute Gasteiger partial charge is 0.269 e. The van der Waals surface area contributed by atoms with Crippen LogP contribution in [0.3, 0.4) is 0 Å². The second-order valence-corrected chi connectivity index (χ2v) is 5.17. The Labute approximate surface area is 140 Å². The largest absolute Gasteiger partial charge is 0.497 e. The maximum absolute atomic E-state index is 12.1. The van der Waals surface area contributed by atoms with Crippen molar-refractivity contribution in [3.8, 4) is 11.5 Å². The van der Waals surface area contributed by atoms with Crippen LogP contribution in [0.5, 0.6) is 11.5 Å². The molecule has 0 atom stereocenters. The van der Waals surface area contributed by atoms with Crippen LogP contribution in [-0.4, -0.2) is 26.0 Å². The Morgan fingerprint density at radius 3 is 2.42 bits per heavy atom. The second kappa shape index (κ2) is 8.01. The molecule has 2 amide bonds. The summed E-state index contributed by atoms with van der Waals surface area (Å²) in [5.74, 6) is 0.488. The van der Waals surface area contributed by atoms with Crippen molar-refractivity contribution in [2.45, 2.75) is 13.3 Å². The summed E-state index contributed by atoms with van der Waals surface area (Å²) in [5.41, 5.74) is 6.87. The van der Waals surface area contributed by atoms with Crippen LogP contribution in [0.25, 0.3) is 0 Å². The zero-order valence-corrected chi connectivity index (χ0v) is 13.9. The van der Waals surface area contributed by atoms with Crippen LogP contribution >= 0.6 is 0 Å². The molecular weight excluding hydrogens is 308 g/mol. The fourth-order valence-corrected chi connectivity index (χ4v) is 2.24. The van der Waals surface area contributed by atoms with Gasteiger partial charge in [-0.2, -0.15) is 0 Å². The number of methoxy groups -OCH3 is 2. The molecule has 2 rings (SSSR count). The molecule has 0 aliphatic heterocycles. The lowest BCUT2D eigenvalue weighted by Crippen LogP contribution is -2.42. The van der Waals surface area contributed by atoms with Gasteiger partial charge in [0.05, 0.1) is 20.6 Å². The third kappa shape index (κ3) is 4.25. The predicted octanol–water partition coefficient (Wildman–Crippen LogP) is 2.02. The lowest BCUT2D eigenvalue weighted by molar-refractivity contribution is -0.121. The van der Waals surface area contributed by atoms with Gasteiger partial charge in [0.15, 0.2) is 0 Å². The number of amides is 2. The average molecular weight is 328 g/mol. The van der Waals surface area contributed by atoms with E-state index in [9.17, 15) is 9.59 Å². The molecule has 0 unspecified atom stereocenters. The number of aryl methyl sites for hydroxylation is 1. The van der Waals surface area contributed by atoms with E-state index >= 15 is 0 Å². The van der Waals surface area contributed by atoms with Gasteiger partial charge in [-0.25, -0.2) is 0 Å². The highest BCUT2D eigenvalue weighted by Gasteiger charge is 2.12. The summed E-state index contributed by atoms with van der Waals surface area (Å²) >= 11 is 0. The van der Waals surface area contributed by atoms with Crippen LogP contribution in [0, 0.1) is 6.92 Å². The summed E-state index contributed by atoms with van der Waals surface area (Å²) in [6, 6.07) is 12.3. The number of hydrogen-bond acceptors (Lipinski definition) is 4. The maximum atomic E-state index is 12.1. The van der Waals surface area contributed by atoms with Crippen LogP contribution < -0.4 is 20.3 Å². The number of carbonyl (C=O) groups excluding carboxylic acids is 2. The van der Waals surface area contributed by atoms with E-state index in [1.165, 1.54) is 7.11 Å². The third-order valence-corrected chi connectivity index (χ3v) is 3.55. The molecule has 0 aliphatic rings. The van der Waals surface area contributed by atoms with Crippen molar-refractivity contribution in [3.63, 3.8) is 0 Å². The topological polar surface area (TPSA) is 76.7 Å². The van der Waals surface area contributed by atoms with E-state index in [2.05, 4.69) is 10.9 Å². The molecule has 0 saturated carbocycles. The van der Waals surface area contributed by atoms with Gasteiger partial charge < -0.3 is 9.47 Å². The minimum atomic E-state index is -0.358. The molecule has 0 bridgehead atoms. The Hall–Kier alpha value is -3.02. The van der Waals surface area contributed by atoms with Gasteiger partial charge in [-0.15, -0.1) is 0 Å². The highest BCUT2D eigenvalue weighted by atomic mass is 16.5. The van der Waals surface area contributed by atoms with Crippen LogP contribution in [0.4, 0.5) is 0 Å². The first-order chi connectivity index (χ1) is 11.5. The standard InChI is InChI=1S/C18H20N2O4/c1-12-6-4-5-7-15(12)18(22)20-19-17(21)10-13-8-9-14(23-2)11-16(13)24-3/h4-9,11H,10H2,1-3H3,(H,19,21)(H,20,22). The number of rotatable bonds is 5. The fourth-order valence-electron chi connectivity index (χ4n) is 2.24. The molecule has 0 aromatic heterocycles. The van der Waals surface area contributed by atoms with E-state index < -0.39 is 0 Å². The van der Waals surface area contributed by atoms with Crippen molar-refractivity contribution >= 4 is 11.8 Å². The van der Waals surface area contributed by atoms with Gasteiger partial charge in [-0.3, -0.25) is 20.4 Å². The maximum Gasteiger partial charge on any atom is 0.269 e. The first-order valence-corrected chi connectivity index (χ1v) is 7.41. The van der Waals surface area contributed by atoms with Crippen LogP contribution in [0.1, 0.15) is 21.5 Å². The molecule has 6 nitrogen and oxygen atoms in total. The molecule has 0 saturated heterocycles. The zero-order valence-electron chi connectivity index (χ0n) is 13.9. The molecule has 0 spiro atoms. The molecule has 2 aromatic carbocycles. The van der Waals surface area contributed by atoms with Gasteiger partial charge in [0, 0.05) is 17.2 Å². The minimum Gasteiger partial charge on any atom is -0.497 e. The van der Waals surface area contributed by atoms with E-state index in [0.29, 0.717) is 22.6 Å². The van der Waals surface area contributed by atoms with E-state index in [1.807, 2.05) is 19.1 Å². The molecule has 2 N–H and O–H groups in total. The van der Waals surface area contributed by atoms with Gasteiger partial charge in [-0.1, -0.05) is 24.3 Å². The van der Waals surface area contributed by atoms with Crippen molar-refractivity contribution < 1.29 is 19.1 Å². The van der Waals surface area contributed by atoms with Gasteiger partial charge in [-0.05, 0) is 24.6 Å². The van der Waals surface area contributed by atoms with Crippen molar-refractivity contribution in [1.29, 1.82) is 0 Å². The number of hydrazine groups is 1. The summed E-state index contributed by atoms with van der Waals surface area (Å²) in [6.07, 6.45) is 0.0707. The minimum absolute atomic E-state index is 0.0707. The SMILES string of the molecule is COc1ccc(CC(=O)NNC(=O)c2ccccc2C)c(OC)c1. The van der Waals surface area contributed by atoms with Crippen molar-refractivity contribution in [3.05, 3.63) is 59.2 Å². The highest BCUT2D eigenvalue weighted by molar-refractivity contribution is 5.96. The number of hydrogen-bond donors (Lipinski definition) is 2. The van der Waals surface area contributed by atoms with Gasteiger partial charge in [0.25, 0.3) is 5.91 Å². The molecule has 0 aliphatic carbocycles.